The fourth-order valence-corrected chi connectivity index (χ4v) is 2.53. The minimum Gasteiger partial charge on any atom is -0.458 e. The first-order valence-corrected chi connectivity index (χ1v) is 8.14. The van der Waals surface area contributed by atoms with E-state index in [2.05, 4.69) is 0 Å². The van der Waals surface area contributed by atoms with Crippen molar-refractivity contribution in [3.8, 4) is 0 Å². The van der Waals surface area contributed by atoms with Crippen LogP contribution in [-0.4, -0.2) is 54.5 Å². The molecule has 6 heteroatoms. The highest BCUT2D eigenvalue weighted by Gasteiger charge is 2.43. The van der Waals surface area contributed by atoms with Crippen LogP contribution in [0, 0.1) is 5.92 Å². The van der Waals surface area contributed by atoms with Gasteiger partial charge in [-0.05, 0) is 60.3 Å². The minimum atomic E-state index is -0.597. The van der Waals surface area contributed by atoms with Gasteiger partial charge in [0, 0.05) is 20.3 Å². The molecule has 0 aromatic carbocycles. The van der Waals surface area contributed by atoms with Gasteiger partial charge in [0.15, 0.2) is 0 Å². The van der Waals surface area contributed by atoms with E-state index in [0.717, 1.165) is 6.42 Å². The molecule has 0 N–H and O–H groups in total. The van der Waals surface area contributed by atoms with Gasteiger partial charge < -0.3 is 14.2 Å². The van der Waals surface area contributed by atoms with Gasteiger partial charge in [-0.3, -0.25) is 4.90 Å². The van der Waals surface area contributed by atoms with Gasteiger partial charge in [0.2, 0.25) is 0 Å². The number of methoxy groups -OCH3 is 1. The lowest BCUT2D eigenvalue weighted by molar-refractivity contribution is -0.160. The van der Waals surface area contributed by atoms with Gasteiger partial charge >= 0.3 is 12.1 Å². The third-order valence-electron chi connectivity index (χ3n) is 3.42. The van der Waals surface area contributed by atoms with E-state index in [4.69, 9.17) is 14.2 Å². The molecule has 1 heterocycles. The van der Waals surface area contributed by atoms with Crippen molar-refractivity contribution in [2.45, 2.75) is 71.6 Å². The summed E-state index contributed by atoms with van der Waals surface area (Å²) in [6.45, 7) is 12.0. The number of ether oxygens (including phenoxy) is 3. The molecule has 134 valence electrons. The summed E-state index contributed by atoms with van der Waals surface area (Å²) in [5.74, 6) is -0.164. The largest absolute Gasteiger partial charge is 0.458 e. The fourth-order valence-electron chi connectivity index (χ4n) is 2.53. The number of esters is 1. The summed E-state index contributed by atoms with van der Waals surface area (Å²) in [7, 11) is 1.64. The van der Waals surface area contributed by atoms with Gasteiger partial charge in [0.05, 0.1) is 0 Å². The zero-order valence-electron chi connectivity index (χ0n) is 15.5. The van der Waals surface area contributed by atoms with Crippen LogP contribution in [0.15, 0.2) is 0 Å². The summed E-state index contributed by atoms with van der Waals surface area (Å²) in [6, 6.07) is -0.592. The number of carbonyl (C=O) groups is 2. The van der Waals surface area contributed by atoms with Gasteiger partial charge in [-0.25, -0.2) is 9.59 Å². The summed E-state index contributed by atoms with van der Waals surface area (Å²) in [4.78, 5) is 26.4. The molecule has 0 saturated carbocycles. The van der Waals surface area contributed by atoms with Gasteiger partial charge in [-0.1, -0.05) is 0 Å². The smallest absolute Gasteiger partial charge is 0.411 e. The molecule has 0 bridgehead atoms. The molecule has 1 saturated heterocycles. The zero-order chi connectivity index (χ0) is 17.8. The lowest BCUT2D eigenvalue weighted by atomic mass is 10.0. The standard InChI is InChI=1S/C17H31NO5/c1-16(2,3)22-14(19)13-10-12(8-9-21-7)11-18(13)15(20)23-17(4,5)6/h12-13H,8-11H2,1-7H3/t12-,13+/m1/s1. The molecule has 0 aromatic rings. The van der Waals surface area contributed by atoms with Crippen LogP contribution in [0.5, 0.6) is 0 Å². The van der Waals surface area contributed by atoms with Crippen LogP contribution in [0.4, 0.5) is 4.79 Å². The van der Waals surface area contributed by atoms with E-state index in [-0.39, 0.29) is 11.9 Å². The molecule has 0 unspecified atom stereocenters. The van der Waals surface area contributed by atoms with Crippen LogP contribution in [0.2, 0.25) is 0 Å². The maximum atomic E-state index is 12.5. The number of carbonyl (C=O) groups excluding carboxylic acids is 2. The molecule has 6 nitrogen and oxygen atoms in total. The number of hydrogen-bond donors (Lipinski definition) is 0. The molecule has 1 rings (SSSR count). The molecule has 2 atom stereocenters. The first-order chi connectivity index (χ1) is 10.4. The molecule has 0 aliphatic carbocycles. The Morgan fingerprint density at radius 3 is 2.09 bits per heavy atom. The van der Waals surface area contributed by atoms with Crippen LogP contribution in [0.1, 0.15) is 54.4 Å². The minimum absolute atomic E-state index is 0.208. The molecular formula is C17H31NO5. The molecule has 1 aliphatic heterocycles. The van der Waals surface area contributed by atoms with Gasteiger partial charge in [-0.15, -0.1) is 0 Å². The summed E-state index contributed by atoms with van der Waals surface area (Å²) < 4.78 is 16.0. The Bertz CT molecular complexity index is 386. The zero-order valence-corrected chi connectivity index (χ0v) is 15.5. The van der Waals surface area contributed by atoms with E-state index in [9.17, 15) is 9.59 Å². The number of rotatable bonds is 4. The van der Waals surface area contributed by atoms with E-state index in [0.29, 0.717) is 19.6 Å². The van der Waals surface area contributed by atoms with Crippen LogP contribution < -0.4 is 0 Å². The van der Waals surface area contributed by atoms with E-state index in [1.807, 2.05) is 41.5 Å². The molecule has 0 aromatic heterocycles. The van der Waals surface area contributed by atoms with Crippen LogP contribution in [0.25, 0.3) is 0 Å². The number of likely N-dealkylation sites (tertiary alicyclic amines) is 1. The molecule has 1 amide bonds. The molecule has 0 spiro atoms. The average molecular weight is 329 g/mol. The predicted octanol–water partition coefficient (Wildman–Crippen LogP) is 2.99. The Labute approximate surface area is 139 Å². The van der Waals surface area contributed by atoms with Crippen LogP contribution in [-0.2, 0) is 19.0 Å². The predicted molar refractivity (Wildman–Crippen MR) is 87.2 cm³/mol. The second kappa shape index (κ2) is 7.51. The molecule has 0 radical (unpaired) electrons. The number of nitrogens with zero attached hydrogens (tertiary/aromatic N) is 1. The Morgan fingerprint density at radius 2 is 1.61 bits per heavy atom. The van der Waals surface area contributed by atoms with Crippen molar-refractivity contribution < 1.29 is 23.8 Å². The Morgan fingerprint density at radius 1 is 1.04 bits per heavy atom. The van der Waals surface area contributed by atoms with Crippen molar-refractivity contribution in [3.05, 3.63) is 0 Å². The van der Waals surface area contributed by atoms with Crippen LogP contribution >= 0.6 is 0 Å². The van der Waals surface area contributed by atoms with E-state index in [1.165, 1.54) is 4.90 Å². The normalized spacial score (nSPS) is 22.1. The van der Waals surface area contributed by atoms with Crippen molar-refractivity contribution in [3.63, 3.8) is 0 Å². The maximum Gasteiger partial charge on any atom is 0.411 e. The average Bonchev–Trinajstić information content (AvgIpc) is 2.76. The summed E-state index contributed by atoms with van der Waals surface area (Å²) >= 11 is 0. The lowest BCUT2D eigenvalue weighted by Crippen LogP contribution is -2.45. The topological polar surface area (TPSA) is 65.1 Å². The second-order valence-corrected chi connectivity index (χ2v) is 8.07. The maximum absolute atomic E-state index is 12.5. The first kappa shape index (κ1) is 19.7. The van der Waals surface area contributed by atoms with Gasteiger partial charge in [0.25, 0.3) is 0 Å². The SMILES string of the molecule is COCC[C@@H]1C[C@@H](C(=O)OC(C)(C)C)N(C(=O)OC(C)(C)C)C1. The Kier molecular flexibility index (Phi) is 6.45. The van der Waals surface area contributed by atoms with Crippen molar-refractivity contribution in [1.82, 2.24) is 4.90 Å². The quantitative estimate of drug-likeness (QED) is 0.742. The fraction of sp³-hybridized carbons (Fsp3) is 0.882. The highest BCUT2D eigenvalue weighted by atomic mass is 16.6. The third-order valence-corrected chi connectivity index (χ3v) is 3.42. The monoisotopic (exact) mass is 329 g/mol. The highest BCUT2D eigenvalue weighted by molar-refractivity contribution is 5.82. The van der Waals surface area contributed by atoms with Crippen molar-refractivity contribution >= 4 is 12.1 Å². The van der Waals surface area contributed by atoms with Gasteiger partial charge in [0.1, 0.15) is 17.2 Å². The van der Waals surface area contributed by atoms with E-state index < -0.39 is 23.3 Å². The first-order valence-electron chi connectivity index (χ1n) is 8.14. The lowest BCUT2D eigenvalue weighted by Gasteiger charge is -2.29. The van der Waals surface area contributed by atoms with E-state index >= 15 is 0 Å². The Hall–Kier alpha value is -1.30. The van der Waals surface area contributed by atoms with Crippen molar-refractivity contribution in [2.75, 3.05) is 20.3 Å². The summed E-state index contributed by atoms with van der Waals surface area (Å²) in [6.07, 6.45) is 0.917. The molecule has 23 heavy (non-hydrogen) atoms. The summed E-state index contributed by atoms with van der Waals surface area (Å²) in [5.41, 5.74) is -1.18. The number of amides is 1. The third kappa shape index (κ3) is 6.77. The summed E-state index contributed by atoms with van der Waals surface area (Å²) in [5, 5.41) is 0. The van der Waals surface area contributed by atoms with Crippen LogP contribution in [0.3, 0.4) is 0 Å². The highest BCUT2D eigenvalue weighted by Crippen LogP contribution is 2.29. The van der Waals surface area contributed by atoms with E-state index in [1.54, 1.807) is 7.11 Å². The van der Waals surface area contributed by atoms with Gasteiger partial charge in [-0.2, -0.15) is 0 Å². The number of hydrogen-bond acceptors (Lipinski definition) is 5. The second-order valence-electron chi connectivity index (χ2n) is 8.07. The molecule has 1 fully saturated rings. The van der Waals surface area contributed by atoms with Crippen molar-refractivity contribution in [2.24, 2.45) is 5.92 Å². The molecule has 1 aliphatic rings. The Balaban J connectivity index is 2.84. The van der Waals surface area contributed by atoms with Crippen molar-refractivity contribution in [1.29, 1.82) is 0 Å². The molecular weight excluding hydrogens is 298 g/mol.